The molecule has 1 aliphatic heterocycles. The van der Waals surface area contributed by atoms with Crippen LogP contribution in [-0.4, -0.2) is 34.9 Å². The van der Waals surface area contributed by atoms with Crippen molar-refractivity contribution < 1.29 is 18.7 Å². The van der Waals surface area contributed by atoms with Gasteiger partial charge in [0, 0.05) is 32.1 Å². The lowest BCUT2D eigenvalue weighted by molar-refractivity contribution is -0.132. The van der Waals surface area contributed by atoms with E-state index in [0.717, 1.165) is 31.6 Å². The van der Waals surface area contributed by atoms with Crippen molar-refractivity contribution in [2.75, 3.05) is 18.0 Å². The Labute approximate surface area is 162 Å². The Bertz CT molecular complexity index is 878. The second kappa shape index (κ2) is 8.33. The first-order valence-electron chi connectivity index (χ1n) is 9.19. The van der Waals surface area contributed by atoms with Gasteiger partial charge in [0.1, 0.15) is 11.6 Å². The third kappa shape index (κ3) is 4.62. The van der Waals surface area contributed by atoms with E-state index in [0.29, 0.717) is 23.9 Å². The van der Waals surface area contributed by atoms with E-state index in [9.17, 15) is 14.0 Å². The summed E-state index contributed by atoms with van der Waals surface area (Å²) in [6, 6.07) is 6.51. The number of carbonyl (C=O) groups is 2. The highest BCUT2D eigenvalue weighted by atomic mass is 19.1. The molecule has 2 heterocycles. The minimum absolute atomic E-state index is 0.0230. The summed E-state index contributed by atoms with van der Waals surface area (Å²) in [6.07, 6.45) is 2.47. The maximum atomic E-state index is 13.1. The number of esters is 1. The van der Waals surface area contributed by atoms with Crippen LogP contribution in [0.5, 0.6) is 5.75 Å². The number of carbonyl (C=O) groups excluding carboxylic acids is 2. The molecule has 1 aliphatic rings. The Hall–Kier alpha value is -3.03. The third-order valence-electron chi connectivity index (χ3n) is 4.84. The molecule has 8 heteroatoms. The summed E-state index contributed by atoms with van der Waals surface area (Å²) in [5.74, 6) is -0.661. The maximum Gasteiger partial charge on any atom is 0.308 e. The Balaban J connectivity index is 1.68. The fourth-order valence-electron chi connectivity index (χ4n) is 3.45. The summed E-state index contributed by atoms with van der Waals surface area (Å²) >= 11 is 0. The maximum absolute atomic E-state index is 13.1. The van der Waals surface area contributed by atoms with Crippen molar-refractivity contribution in [2.24, 2.45) is 11.7 Å². The molecule has 7 nitrogen and oxygen atoms in total. The van der Waals surface area contributed by atoms with Gasteiger partial charge in [-0.3, -0.25) is 9.59 Å². The summed E-state index contributed by atoms with van der Waals surface area (Å²) in [4.78, 5) is 33.9. The van der Waals surface area contributed by atoms with Crippen molar-refractivity contribution in [2.45, 2.75) is 33.1 Å². The quantitative estimate of drug-likeness (QED) is 0.793. The fraction of sp³-hybridized carbons (Fsp3) is 0.400. The number of rotatable bonds is 5. The van der Waals surface area contributed by atoms with Crippen LogP contribution in [0, 0.1) is 18.7 Å². The number of nitrogens with zero attached hydrogens (tertiary/aromatic N) is 3. The van der Waals surface area contributed by atoms with Gasteiger partial charge in [-0.15, -0.1) is 0 Å². The zero-order valence-electron chi connectivity index (χ0n) is 15.9. The van der Waals surface area contributed by atoms with Crippen LogP contribution in [0.1, 0.15) is 41.8 Å². The van der Waals surface area contributed by atoms with E-state index in [1.54, 1.807) is 19.1 Å². The number of aryl methyl sites for hydroxylation is 1. The lowest BCUT2D eigenvalue weighted by Crippen LogP contribution is -2.34. The fourth-order valence-corrected chi connectivity index (χ4v) is 3.45. The Kier molecular flexibility index (Phi) is 5.87. The van der Waals surface area contributed by atoms with Crippen molar-refractivity contribution in [1.82, 2.24) is 9.97 Å². The molecule has 148 valence electrons. The van der Waals surface area contributed by atoms with E-state index in [-0.39, 0.29) is 17.3 Å². The van der Waals surface area contributed by atoms with Gasteiger partial charge in [0.15, 0.2) is 11.4 Å². The second-order valence-corrected chi connectivity index (χ2v) is 6.97. The molecule has 0 aliphatic carbocycles. The molecule has 28 heavy (non-hydrogen) atoms. The lowest BCUT2D eigenvalue weighted by atomic mass is 9.93. The zero-order chi connectivity index (χ0) is 20.3. The Morgan fingerprint density at radius 3 is 2.43 bits per heavy atom. The molecule has 0 spiro atoms. The topological polar surface area (TPSA) is 98.4 Å². The molecule has 0 unspecified atom stereocenters. The molecule has 1 amide bonds. The second-order valence-electron chi connectivity index (χ2n) is 6.97. The molecule has 1 saturated heterocycles. The third-order valence-corrected chi connectivity index (χ3v) is 4.84. The first-order valence-corrected chi connectivity index (χ1v) is 9.19. The minimum atomic E-state index is -0.755. The summed E-state index contributed by atoms with van der Waals surface area (Å²) < 4.78 is 18.1. The van der Waals surface area contributed by atoms with Gasteiger partial charge in [-0.1, -0.05) is 0 Å². The summed E-state index contributed by atoms with van der Waals surface area (Å²) in [6.45, 7) is 4.60. The predicted molar refractivity (Wildman–Crippen MR) is 102 cm³/mol. The smallest absolute Gasteiger partial charge is 0.308 e. The first kappa shape index (κ1) is 19.7. The average molecular weight is 386 g/mol. The van der Waals surface area contributed by atoms with E-state index in [1.807, 2.05) is 0 Å². The van der Waals surface area contributed by atoms with Crippen molar-refractivity contribution in [3.05, 3.63) is 47.3 Å². The van der Waals surface area contributed by atoms with E-state index >= 15 is 0 Å². The van der Waals surface area contributed by atoms with Crippen LogP contribution in [0.2, 0.25) is 0 Å². The van der Waals surface area contributed by atoms with Crippen LogP contribution < -0.4 is 15.4 Å². The van der Waals surface area contributed by atoms with Crippen LogP contribution in [0.15, 0.2) is 24.3 Å². The molecule has 0 bridgehead atoms. The van der Waals surface area contributed by atoms with E-state index < -0.39 is 11.9 Å². The van der Waals surface area contributed by atoms with Crippen LogP contribution in [0.3, 0.4) is 0 Å². The molecule has 0 radical (unpaired) electrons. The molecular formula is C20H23FN4O3. The molecule has 2 aromatic rings. The molecule has 2 N–H and O–H groups in total. The largest absolute Gasteiger partial charge is 0.422 e. The molecule has 1 aromatic heterocycles. The molecular weight excluding hydrogens is 363 g/mol. The lowest BCUT2D eigenvalue weighted by Gasteiger charge is -2.33. The van der Waals surface area contributed by atoms with Crippen molar-refractivity contribution in [3.63, 3.8) is 0 Å². The monoisotopic (exact) mass is 386 g/mol. The van der Waals surface area contributed by atoms with Crippen molar-refractivity contribution in [3.8, 4) is 5.75 Å². The van der Waals surface area contributed by atoms with Crippen LogP contribution in [0.4, 0.5) is 10.1 Å². The highest BCUT2D eigenvalue weighted by molar-refractivity contribution is 5.94. The Morgan fingerprint density at radius 2 is 1.86 bits per heavy atom. The number of amides is 1. The predicted octanol–water partition coefficient (Wildman–Crippen LogP) is 2.41. The number of benzene rings is 1. The zero-order valence-corrected chi connectivity index (χ0v) is 15.9. The van der Waals surface area contributed by atoms with E-state index in [4.69, 9.17) is 10.5 Å². The number of aromatic nitrogens is 2. The summed E-state index contributed by atoms with van der Waals surface area (Å²) in [5.41, 5.74) is 6.76. The van der Waals surface area contributed by atoms with Crippen molar-refractivity contribution >= 4 is 17.6 Å². The van der Waals surface area contributed by atoms with Gasteiger partial charge < -0.3 is 15.4 Å². The number of ether oxygens (including phenoxy) is 1. The van der Waals surface area contributed by atoms with Gasteiger partial charge in [-0.05, 0) is 49.9 Å². The van der Waals surface area contributed by atoms with Gasteiger partial charge in [0.2, 0.25) is 0 Å². The van der Waals surface area contributed by atoms with Crippen molar-refractivity contribution in [1.29, 1.82) is 0 Å². The molecule has 1 fully saturated rings. The number of anilines is 1. The van der Waals surface area contributed by atoms with Gasteiger partial charge in [0.05, 0.1) is 5.69 Å². The molecule has 0 atom stereocenters. The van der Waals surface area contributed by atoms with Gasteiger partial charge in [-0.2, -0.15) is 0 Å². The Morgan fingerprint density at radius 1 is 1.21 bits per heavy atom. The van der Waals surface area contributed by atoms with Gasteiger partial charge in [-0.25, -0.2) is 14.4 Å². The average Bonchev–Trinajstić information content (AvgIpc) is 2.64. The summed E-state index contributed by atoms with van der Waals surface area (Å²) in [7, 11) is 0. The van der Waals surface area contributed by atoms with Gasteiger partial charge in [0.25, 0.3) is 5.91 Å². The standard InChI is InChI=1S/C20H23FN4O3/c1-12-19(28-13(2)26)18(20(22)27)24-17(23-12)11-14-7-9-25(10-8-14)16-5-3-15(21)4-6-16/h3-6,14H,7-11H2,1-2H3,(H2,22,27). The van der Waals surface area contributed by atoms with Crippen LogP contribution in [0.25, 0.3) is 0 Å². The van der Waals surface area contributed by atoms with Crippen LogP contribution in [-0.2, 0) is 11.2 Å². The summed E-state index contributed by atoms with van der Waals surface area (Å²) in [5, 5.41) is 0. The minimum Gasteiger partial charge on any atom is -0.422 e. The number of hydrogen-bond donors (Lipinski definition) is 1. The number of primary amides is 1. The SMILES string of the molecule is CC(=O)Oc1c(C)nc(CC2CCN(c3ccc(F)cc3)CC2)nc1C(N)=O. The number of hydrogen-bond acceptors (Lipinski definition) is 6. The van der Waals surface area contributed by atoms with Gasteiger partial charge >= 0.3 is 5.97 Å². The molecule has 0 saturated carbocycles. The molecule has 1 aromatic carbocycles. The number of nitrogens with two attached hydrogens (primary N) is 1. The van der Waals surface area contributed by atoms with E-state index in [1.165, 1.54) is 19.1 Å². The highest BCUT2D eigenvalue weighted by Gasteiger charge is 2.24. The normalized spacial score (nSPS) is 14.8. The molecule has 3 rings (SSSR count). The first-order chi connectivity index (χ1) is 13.3. The highest BCUT2D eigenvalue weighted by Crippen LogP contribution is 2.27. The van der Waals surface area contributed by atoms with E-state index in [2.05, 4.69) is 14.9 Å². The number of piperidine rings is 1. The number of halogens is 1. The van der Waals surface area contributed by atoms with Crippen LogP contribution >= 0.6 is 0 Å².